The van der Waals surface area contributed by atoms with Crippen LogP contribution in [0.3, 0.4) is 0 Å². The number of carbonyl (C=O) groups is 1. The molecule has 0 aliphatic carbocycles. The van der Waals surface area contributed by atoms with E-state index in [0.717, 1.165) is 16.8 Å². The molecule has 114 valence electrons. The van der Waals surface area contributed by atoms with Crippen molar-refractivity contribution in [1.29, 1.82) is 0 Å². The Labute approximate surface area is 126 Å². The van der Waals surface area contributed by atoms with Crippen molar-refractivity contribution in [2.75, 3.05) is 0 Å². The third-order valence-corrected chi connectivity index (χ3v) is 2.88. The summed E-state index contributed by atoms with van der Waals surface area (Å²) in [5, 5.41) is 3.83. The minimum Gasteiger partial charge on any atom is -0.442 e. The summed E-state index contributed by atoms with van der Waals surface area (Å²) < 4.78 is 44.0. The maximum Gasteiger partial charge on any atom is 0.435 e. The third-order valence-electron chi connectivity index (χ3n) is 2.34. The van der Waals surface area contributed by atoms with Gasteiger partial charge in [-0.05, 0) is 48.8 Å². The van der Waals surface area contributed by atoms with Crippen molar-refractivity contribution in [2.24, 2.45) is 0 Å². The maximum atomic E-state index is 12.6. The van der Waals surface area contributed by atoms with Crippen molar-refractivity contribution in [3.05, 3.63) is 22.4 Å². The highest BCUT2D eigenvalue weighted by Crippen LogP contribution is 2.31. The molecule has 9 heteroatoms. The van der Waals surface area contributed by atoms with E-state index in [1.54, 1.807) is 20.8 Å². The lowest BCUT2D eigenvalue weighted by molar-refractivity contribution is -0.140. The molecule has 0 atom stereocenters. The van der Waals surface area contributed by atoms with Crippen LogP contribution in [0.2, 0.25) is 0 Å². The number of aromatic nitrogens is 3. The van der Waals surface area contributed by atoms with Gasteiger partial charge in [-0.1, -0.05) is 0 Å². The SMILES string of the molecule is CC(C)(C)OC(=O)n1nc(Br)c2nc(C(F)(F)F)ccc21. The van der Waals surface area contributed by atoms with Crippen LogP contribution < -0.4 is 0 Å². The highest BCUT2D eigenvalue weighted by Gasteiger charge is 2.33. The van der Waals surface area contributed by atoms with Crippen molar-refractivity contribution in [1.82, 2.24) is 14.8 Å². The molecule has 0 amide bonds. The van der Waals surface area contributed by atoms with Gasteiger partial charge in [-0.2, -0.15) is 23.0 Å². The number of hydrogen-bond donors (Lipinski definition) is 0. The quantitative estimate of drug-likeness (QED) is 0.707. The molecule has 2 aromatic rings. The van der Waals surface area contributed by atoms with Crippen molar-refractivity contribution < 1.29 is 22.7 Å². The molecular formula is C12H11BrF3N3O2. The zero-order valence-corrected chi connectivity index (χ0v) is 12.9. The number of hydrogen-bond acceptors (Lipinski definition) is 4. The van der Waals surface area contributed by atoms with Crippen molar-refractivity contribution in [2.45, 2.75) is 32.5 Å². The number of nitrogens with zero attached hydrogens (tertiary/aromatic N) is 3. The van der Waals surface area contributed by atoms with Gasteiger partial charge in [0.05, 0.1) is 0 Å². The first-order valence-electron chi connectivity index (χ1n) is 5.85. The lowest BCUT2D eigenvalue weighted by Gasteiger charge is -2.19. The Morgan fingerprint density at radius 1 is 1.29 bits per heavy atom. The molecular weight excluding hydrogens is 355 g/mol. The Morgan fingerprint density at radius 3 is 2.43 bits per heavy atom. The van der Waals surface area contributed by atoms with Crippen LogP contribution in [0.15, 0.2) is 16.7 Å². The van der Waals surface area contributed by atoms with Gasteiger partial charge in [-0.3, -0.25) is 0 Å². The molecule has 0 unspecified atom stereocenters. The van der Waals surface area contributed by atoms with E-state index in [4.69, 9.17) is 4.74 Å². The summed E-state index contributed by atoms with van der Waals surface area (Å²) >= 11 is 3.00. The Balaban J connectivity index is 2.52. The highest BCUT2D eigenvalue weighted by atomic mass is 79.9. The van der Waals surface area contributed by atoms with Crippen LogP contribution in [0.5, 0.6) is 0 Å². The molecule has 5 nitrogen and oxygen atoms in total. The van der Waals surface area contributed by atoms with Crippen LogP contribution in [0.1, 0.15) is 26.5 Å². The van der Waals surface area contributed by atoms with Crippen LogP contribution in [0.4, 0.5) is 18.0 Å². The van der Waals surface area contributed by atoms with Crippen LogP contribution in [0.25, 0.3) is 11.0 Å². The van der Waals surface area contributed by atoms with E-state index < -0.39 is 23.6 Å². The smallest absolute Gasteiger partial charge is 0.435 e. The van der Waals surface area contributed by atoms with E-state index in [1.165, 1.54) is 0 Å². The summed E-state index contributed by atoms with van der Waals surface area (Å²) in [6.07, 6.45) is -5.36. The molecule has 0 aliphatic rings. The van der Waals surface area contributed by atoms with E-state index in [2.05, 4.69) is 26.0 Å². The van der Waals surface area contributed by atoms with Crippen molar-refractivity contribution in [3.8, 4) is 0 Å². The van der Waals surface area contributed by atoms with Crippen LogP contribution in [-0.4, -0.2) is 26.5 Å². The molecule has 0 N–H and O–H groups in total. The minimum absolute atomic E-state index is 0.0365. The fourth-order valence-corrected chi connectivity index (χ4v) is 2.02. The Kier molecular flexibility index (Phi) is 3.73. The van der Waals surface area contributed by atoms with Crippen LogP contribution in [-0.2, 0) is 10.9 Å². The summed E-state index contributed by atoms with van der Waals surface area (Å²) in [5.41, 5.74) is -1.74. The summed E-state index contributed by atoms with van der Waals surface area (Å²) in [4.78, 5) is 15.5. The van der Waals surface area contributed by atoms with Crippen LogP contribution >= 0.6 is 15.9 Å². The average Bonchev–Trinajstić information content (AvgIpc) is 2.63. The summed E-state index contributed by atoms with van der Waals surface area (Å²) in [6.45, 7) is 5.02. The lowest BCUT2D eigenvalue weighted by Crippen LogP contribution is -2.27. The standard InChI is InChI=1S/C12H11BrF3N3O2/c1-11(2,3)21-10(20)19-6-4-5-7(12(14,15)16)17-8(6)9(13)18-19/h4-5H,1-3H3. The second kappa shape index (κ2) is 4.97. The van der Waals surface area contributed by atoms with E-state index in [0.29, 0.717) is 0 Å². The molecule has 0 saturated carbocycles. The molecule has 0 aromatic carbocycles. The second-order valence-corrected chi connectivity index (χ2v) is 6.00. The minimum atomic E-state index is -4.57. The predicted molar refractivity (Wildman–Crippen MR) is 71.9 cm³/mol. The first-order chi connectivity index (χ1) is 9.49. The number of rotatable bonds is 0. The van der Waals surface area contributed by atoms with Gasteiger partial charge in [0.1, 0.15) is 22.3 Å². The van der Waals surface area contributed by atoms with E-state index in [-0.39, 0.29) is 15.6 Å². The molecule has 0 spiro atoms. The number of halogens is 4. The van der Waals surface area contributed by atoms with E-state index in [1.807, 2.05) is 0 Å². The largest absolute Gasteiger partial charge is 0.442 e. The van der Waals surface area contributed by atoms with E-state index in [9.17, 15) is 18.0 Å². The maximum absolute atomic E-state index is 12.6. The molecule has 2 heterocycles. The van der Waals surface area contributed by atoms with Gasteiger partial charge in [-0.25, -0.2) is 9.78 Å². The molecule has 21 heavy (non-hydrogen) atoms. The Bertz CT molecular complexity index is 704. The van der Waals surface area contributed by atoms with Gasteiger partial charge in [0.2, 0.25) is 0 Å². The molecule has 0 radical (unpaired) electrons. The monoisotopic (exact) mass is 365 g/mol. The van der Waals surface area contributed by atoms with Gasteiger partial charge in [0.25, 0.3) is 0 Å². The molecule has 0 fully saturated rings. The highest BCUT2D eigenvalue weighted by molar-refractivity contribution is 9.10. The van der Waals surface area contributed by atoms with Crippen molar-refractivity contribution in [3.63, 3.8) is 0 Å². The number of alkyl halides is 3. The van der Waals surface area contributed by atoms with Gasteiger partial charge < -0.3 is 4.74 Å². The lowest BCUT2D eigenvalue weighted by atomic mass is 10.2. The first kappa shape index (κ1) is 15.7. The zero-order chi connectivity index (χ0) is 16.0. The molecule has 2 aromatic heterocycles. The Hall–Kier alpha value is -1.64. The average molecular weight is 366 g/mol. The normalized spacial score (nSPS) is 12.7. The summed E-state index contributed by atoms with van der Waals surface area (Å²) in [5.74, 6) is 0. The van der Waals surface area contributed by atoms with E-state index >= 15 is 0 Å². The molecule has 0 aliphatic heterocycles. The van der Waals surface area contributed by atoms with Gasteiger partial charge >= 0.3 is 12.3 Å². The topological polar surface area (TPSA) is 57.0 Å². The van der Waals surface area contributed by atoms with Gasteiger partial charge in [0, 0.05) is 0 Å². The fourth-order valence-electron chi connectivity index (χ4n) is 1.57. The number of carbonyl (C=O) groups excluding carboxylic acids is 1. The van der Waals surface area contributed by atoms with Gasteiger partial charge in [-0.15, -0.1) is 0 Å². The van der Waals surface area contributed by atoms with Gasteiger partial charge in [0.15, 0.2) is 4.60 Å². The number of fused-ring (bicyclic) bond motifs is 1. The first-order valence-corrected chi connectivity index (χ1v) is 6.64. The summed E-state index contributed by atoms with van der Waals surface area (Å²) in [7, 11) is 0. The van der Waals surface area contributed by atoms with Crippen molar-refractivity contribution >= 4 is 33.1 Å². The predicted octanol–water partition coefficient (Wildman–Crippen LogP) is 4.00. The molecule has 0 bridgehead atoms. The number of pyridine rings is 1. The summed E-state index contributed by atoms with van der Waals surface area (Å²) in [6, 6.07) is 1.92. The molecule has 2 rings (SSSR count). The second-order valence-electron chi connectivity index (χ2n) is 5.24. The zero-order valence-electron chi connectivity index (χ0n) is 11.3. The third kappa shape index (κ3) is 3.34. The Morgan fingerprint density at radius 2 is 1.90 bits per heavy atom. The molecule has 0 saturated heterocycles. The number of ether oxygens (including phenoxy) is 1. The fraction of sp³-hybridized carbons (Fsp3) is 0.417. The van der Waals surface area contributed by atoms with Crippen LogP contribution in [0, 0.1) is 0 Å².